The maximum atomic E-state index is 11.2. The summed E-state index contributed by atoms with van der Waals surface area (Å²) in [7, 11) is -2.98. The molecule has 0 aromatic carbocycles. The van der Waals surface area contributed by atoms with Gasteiger partial charge in [-0.05, 0) is 19.3 Å². The third-order valence-electron chi connectivity index (χ3n) is 2.33. The van der Waals surface area contributed by atoms with Crippen molar-refractivity contribution in [1.82, 2.24) is 0 Å². The van der Waals surface area contributed by atoms with Crippen LogP contribution in [0.25, 0.3) is 0 Å². The van der Waals surface area contributed by atoms with Crippen molar-refractivity contribution in [1.29, 1.82) is 0 Å². The van der Waals surface area contributed by atoms with Crippen LogP contribution in [-0.4, -0.2) is 38.5 Å². The largest absolute Gasteiger partial charge is 0.465 e. The highest BCUT2D eigenvalue weighted by Gasteiger charge is 2.35. The lowest BCUT2D eigenvalue weighted by Gasteiger charge is -2.15. The topological polar surface area (TPSA) is 86.5 Å². The molecule has 0 aromatic rings. The number of hydrogen-bond acceptors (Lipinski definition) is 5. The zero-order valence-electron chi connectivity index (χ0n) is 8.10. The second-order valence-electron chi connectivity index (χ2n) is 3.44. The molecule has 0 spiro atoms. The normalized spacial score (nSPS) is 27.1. The maximum Gasteiger partial charge on any atom is 0.323 e. The Kier molecular flexibility index (Phi) is 3.49. The molecule has 0 aromatic heterocycles. The van der Waals surface area contributed by atoms with Gasteiger partial charge in [0.05, 0.1) is 18.1 Å². The molecule has 1 fully saturated rings. The number of carbonyl (C=O) groups is 1. The molecule has 2 N–H and O–H groups in total. The van der Waals surface area contributed by atoms with Crippen molar-refractivity contribution in [2.75, 3.05) is 18.1 Å². The van der Waals surface area contributed by atoms with Crippen LogP contribution in [0.15, 0.2) is 0 Å². The molecule has 1 heterocycles. The van der Waals surface area contributed by atoms with Crippen molar-refractivity contribution >= 4 is 15.8 Å². The SMILES string of the molecule is CCOC(=O)C(N)C1CCS(=O)(=O)C1. The fraction of sp³-hybridized carbons (Fsp3) is 0.875. The minimum atomic E-state index is -2.98. The van der Waals surface area contributed by atoms with Gasteiger partial charge in [0.2, 0.25) is 0 Å². The van der Waals surface area contributed by atoms with E-state index in [1.807, 2.05) is 0 Å². The van der Waals surface area contributed by atoms with E-state index >= 15 is 0 Å². The molecule has 6 heteroatoms. The summed E-state index contributed by atoms with van der Waals surface area (Å²) in [5.74, 6) is -0.647. The lowest BCUT2D eigenvalue weighted by molar-refractivity contribution is -0.145. The maximum absolute atomic E-state index is 11.2. The third-order valence-corrected chi connectivity index (χ3v) is 4.13. The Labute approximate surface area is 83.5 Å². The lowest BCUT2D eigenvalue weighted by atomic mass is 10.0. The Morgan fingerprint density at radius 2 is 2.29 bits per heavy atom. The number of sulfone groups is 1. The summed E-state index contributed by atoms with van der Waals surface area (Å²) in [5, 5.41) is 0. The highest BCUT2D eigenvalue weighted by Crippen LogP contribution is 2.21. The zero-order valence-corrected chi connectivity index (χ0v) is 8.92. The Morgan fingerprint density at radius 1 is 1.64 bits per heavy atom. The van der Waals surface area contributed by atoms with Crippen LogP contribution in [0.2, 0.25) is 0 Å². The van der Waals surface area contributed by atoms with Crippen LogP contribution in [0.5, 0.6) is 0 Å². The number of esters is 1. The van der Waals surface area contributed by atoms with Gasteiger partial charge in [0.1, 0.15) is 6.04 Å². The molecule has 1 aliphatic heterocycles. The second-order valence-corrected chi connectivity index (χ2v) is 5.67. The first-order valence-corrected chi connectivity index (χ1v) is 6.41. The molecule has 0 saturated carbocycles. The monoisotopic (exact) mass is 221 g/mol. The molecule has 1 aliphatic rings. The molecule has 0 amide bonds. The van der Waals surface area contributed by atoms with Crippen LogP contribution in [0.4, 0.5) is 0 Å². The molecular formula is C8H15NO4S. The fourth-order valence-electron chi connectivity index (χ4n) is 1.54. The average molecular weight is 221 g/mol. The van der Waals surface area contributed by atoms with Gasteiger partial charge in [-0.15, -0.1) is 0 Å². The molecule has 1 saturated heterocycles. The van der Waals surface area contributed by atoms with Crippen molar-refractivity contribution in [3.05, 3.63) is 0 Å². The van der Waals surface area contributed by atoms with Crippen molar-refractivity contribution < 1.29 is 17.9 Å². The third kappa shape index (κ3) is 2.68. The van der Waals surface area contributed by atoms with E-state index in [1.165, 1.54) is 0 Å². The van der Waals surface area contributed by atoms with Crippen molar-refractivity contribution in [3.63, 3.8) is 0 Å². The van der Waals surface area contributed by atoms with Crippen LogP contribution in [0.1, 0.15) is 13.3 Å². The van der Waals surface area contributed by atoms with E-state index in [0.717, 1.165) is 0 Å². The number of ether oxygens (including phenoxy) is 1. The number of hydrogen-bond donors (Lipinski definition) is 1. The molecule has 0 bridgehead atoms. The number of carbonyl (C=O) groups excluding carboxylic acids is 1. The van der Waals surface area contributed by atoms with Gasteiger partial charge in [-0.1, -0.05) is 0 Å². The first-order valence-electron chi connectivity index (χ1n) is 4.59. The minimum absolute atomic E-state index is 0.00693. The molecular weight excluding hydrogens is 206 g/mol. The predicted molar refractivity (Wildman–Crippen MR) is 51.4 cm³/mol. The zero-order chi connectivity index (χ0) is 10.8. The van der Waals surface area contributed by atoms with E-state index in [-0.39, 0.29) is 24.0 Å². The second kappa shape index (κ2) is 4.27. The summed E-state index contributed by atoms with van der Waals surface area (Å²) >= 11 is 0. The Bertz CT molecular complexity index is 311. The van der Waals surface area contributed by atoms with Gasteiger partial charge in [0, 0.05) is 0 Å². The van der Waals surface area contributed by atoms with E-state index < -0.39 is 21.8 Å². The van der Waals surface area contributed by atoms with Gasteiger partial charge < -0.3 is 10.5 Å². The summed E-state index contributed by atoms with van der Waals surface area (Å²) in [6.07, 6.45) is 0.461. The van der Waals surface area contributed by atoms with E-state index in [2.05, 4.69) is 0 Å². The van der Waals surface area contributed by atoms with E-state index in [9.17, 15) is 13.2 Å². The summed E-state index contributed by atoms with van der Waals surface area (Å²) in [4.78, 5) is 11.2. The highest BCUT2D eigenvalue weighted by atomic mass is 32.2. The molecule has 82 valence electrons. The average Bonchev–Trinajstić information content (AvgIpc) is 2.45. The van der Waals surface area contributed by atoms with Gasteiger partial charge in [0.25, 0.3) is 0 Å². The van der Waals surface area contributed by atoms with Crippen molar-refractivity contribution in [2.45, 2.75) is 19.4 Å². The minimum Gasteiger partial charge on any atom is -0.465 e. The first-order chi connectivity index (χ1) is 6.46. The molecule has 1 rings (SSSR count). The smallest absolute Gasteiger partial charge is 0.323 e. The van der Waals surface area contributed by atoms with Crippen LogP contribution < -0.4 is 5.73 Å². The number of rotatable bonds is 3. The van der Waals surface area contributed by atoms with E-state index in [1.54, 1.807) is 6.92 Å². The van der Waals surface area contributed by atoms with Crippen molar-refractivity contribution in [2.24, 2.45) is 11.7 Å². The lowest BCUT2D eigenvalue weighted by Crippen LogP contribution is -2.40. The fourth-order valence-corrected chi connectivity index (χ4v) is 3.39. The van der Waals surface area contributed by atoms with Crippen LogP contribution in [0.3, 0.4) is 0 Å². The van der Waals surface area contributed by atoms with Gasteiger partial charge >= 0.3 is 5.97 Å². The highest BCUT2D eigenvalue weighted by molar-refractivity contribution is 7.91. The van der Waals surface area contributed by atoms with Gasteiger partial charge in [-0.2, -0.15) is 0 Å². The molecule has 14 heavy (non-hydrogen) atoms. The van der Waals surface area contributed by atoms with Gasteiger partial charge in [-0.25, -0.2) is 8.42 Å². The molecule has 0 aliphatic carbocycles. The summed E-state index contributed by atoms with van der Waals surface area (Å²) < 4.78 is 27.0. The predicted octanol–water partition coefficient (Wildman–Crippen LogP) is -0.688. The summed E-state index contributed by atoms with van der Waals surface area (Å²) in [5.41, 5.74) is 5.59. The van der Waals surface area contributed by atoms with E-state index in [4.69, 9.17) is 10.5 Å². The van der Waals surface area contributed by atoms with Gasteiger partial charge in [0.15, 0.2) is 9.84 Å². The summed E-state index contributed by atoms with van der Waals surface area (Å²) in [6, 6.07) is -0.799. The quantitative estimate of drug-likeness (QED) is 0.637. The Hall–Kier alpha value is -0.620. The Balaban J connectivity index is 2.55. The van der Waals surface area contributed by atoms with Crippen LogP contribution >= 0.6 is 0 Å². The first kappa shape index (κ1) is 11.5. The van der Waals surface area contributed by atoms with Crippen molar-refractivity contribution in [3.8, 4) is 0 Å². The standard InChI is InChI=1S/C8H15NO4S/c1-2-13-8(10)7(9)6-3-4-14(11,12)5-6/h6-7H,2-5,9H2,1H3. The molecule has 2 unspecified atom stereocenters. The van der Waals surface area contributed by atoms with Crippen LogP contribution in [0, 0.1) is 5.92 Å². The number of nitrogens with two attached hydrogens (primary N) is 1. The summed E-state index contributed by atoms with van der Waals surface area (Å²) in [6.45, 7) is 1.96. The molecule has 2 atom stereocenters. The van der Waals surface area contributed by atoms with Crippen LogP contribution in [-0.2, 0) is 19.4 Å². The molecule has 5 nitrogen and oxygen atoms in total. The Morgan fingerprint density at radius 3 is 2.71 bits per heavy atom. The van der Waals surface area contributed by atoms with E-state index in [0.29, 0.717) is 6.42 Å². The van der Waals surface area contributed by atoms with Gasteiger partial charge in [-0.3, -0.25) is 4.79 Å². The molecule has 0 radical (unpaired) electrons.